The summed E-state index contributed by atoms with van der Waals surface area (Å²) in [5.74, 6) is 0. The third kappa shape index (κ3) is 4.77. The number of benzene rings is 1. The predicted molar refractivity (Wildman–Crippen MR) is 33.6 cm³/mol. The van der Waals surface area contributed by atoms with E-state index in [0.717, 1.165) is 5.56 Å². The van der Waals surface area contributed by atoms with Gasteiger partial charge in [0.2, 0.25) is 0 Å². The Hall–Kier alpha value is 1.01. The van der Waals surface area contributed by atoms with Crippen LogP contribution in [-0.4, -0.2) is 0 Å². The van der Waals surface area contributed by atoms with Gasteiger partial charge in [-0.2, -0.15) is 0 Å². The number of hydrogen-bond donors (Lipinski definition) is 0. The van der Waals surface area contributed by atoms with Gasteiger partial charge in [0.05, 0.1) is 0 Å². The van der Waals surface area contributed by atoms with E-state index in [0.29, 0.717) is 0 Å². The van der Waals surface area contributed by atoms with Crippen molar-refractivity contribution in [3.63, 3.8) is 0 Å². The summed E-state index contributed by atoms with van der Waals surface area (Å²) in [7, 11) is 0. The molecule has 1 radical (unpaired) electrons. The Kier molecular flexibility index (Phi) is 9.11. The predicted octanol–water partition coefficient (Wildman–Crippen LogP) is 1.90. The maximum atomic E-state index is 3.04. The average Bonchev–Trinajstić information content (AvgIpc) is 1.77. The van der Waals surface area contributed by atoms with Gasteiger partial charge in [0.15, 0.2) is 0 Å². The first-order chi connectivity index (χ1) is 3.79. The van der Waals surface area contributed by atoms with Crippen molar-refractivity contribution < 1.29 is 53.8 Å². The summed E-state index contributed by atoms with van der Waals surface area (Å²) in [5.41, 5.74) is 2.30. The Morgan fingerprint density at radius 1 is 1.10 bits per heavy atom. The first-order valence-electron chi connectivity index (χ1n) is 2.65. The van der Waals surface area contributed by atoms with Gasteiger partial charge in [0, 0.05) is 53.8 Å². The quantitative estimate of drug-likeness (QED) is 0.607. The van der Waals surface area contributed by atoms with Gasteiger partial charge in [0.1, 0.15) is 0 Å². The van der Waals surface area contributed by atoms with Crippen molar-refractivity contribution in [2.24, 2.45) is 0 Å². The van der Waals surface area contributed by atoms with Crippen LogP contribution in [0, 0.1) is 26.0 Å². The van der Waals surface area contributed by atoms with E-state index < -0.39 is 0 Å². The normalized spacial score (nSPS) is 7.40. The second kappa shape index (κ2) is 6.71. The molecule has 0 aliphatic rings. The summed E-state index contributed by atoms with van der Waals surface area (Å²) in [5, 5.41) is 0. The molecule has 0 N–H and O–H groups in total. The van der Waals surface area contributed by atoms with E-state index in [1.807, 2.05) is 26.0 Å². The Morgan fingerprint density at radius 3 is 1.80 bits per heavy atom. The molecule has 0 bridgehead atoms. The molecule has 0 saturated heterocycles. The molecule has 0 atom stereocenters. The fraction of sp³-hybridized carbons (Fsp3) is 0.250. The third-order valence-electron chi connectivity index (χ3n) is 1.03. The SMILES string of the molecule is Cc1[c-]cc(C)c[c-]1.[W].[Y]. The van der Waals surface area contributed by atoms with E-state index in [-0.39, 0.29) is 53.8 Å². The molecule has 0 spiro atoms. The van der Waals surface area contributed by atoms with Gasteiger partial charge in [0.25, 0.3) is 0 Å². The van der Waals surface area contributed by atoms with Crippen molar-refractivity contribution in [1.82, 2.24) is 0 Å². The zero-order valence-corrected chi connectivity index (χ0v) is 11.9. The molecule has 51 valence electrons. The van der Waals surface area contributed by atoms with Gasteiger partial charge in [-0.15, -0.1) is 6.92 Å². The topological polar surface area (TPSA) is 0 Å². The Bertz CT molecular complexity index is 148. The number of rotatable bonds is 0. The largest absolute Gasteiger partial charge is 0.356 e. The molecular weight excluding hydrogens is 369 g/mol. The van der Waals surface area contributed by atoms with Gasteiger partial charge in [-0.1, -0.05) is 6.92 Å². The van der Waals surface area contributed by atoms with Gasteiger partial charge in [-0.25, -0.2) is 0 Å². The van der Waals surface area contributed by atoms with Crippen LogP contribution in [0.5, 0.6) is 0 Å². The van der Waals surface area contributed by atoms with Crippen LogP contribution < -0.4 is 0 Å². The molecule has 1 rings (SSSR count). The van der Waals surface area contributed by atoms with Crippen LogP contribution in [-0.2, 0) is 53.8 Å². The number of aryl methyl sites for hydroxylation is 2. The molecule has 0 nitrogen and oxygen atoms in total. The molecule has 0 aromatic heterocycles. The van der Waals surface area contributed by atoms with E-state index in [1.54, 1.807) is 0 Å². The van der Waals surface area contributed by atoms with E-state index >= 15 is 0 Å². The molecule has 10 heavy (non-hydrogen) atoms. The summed E-state index contributed by atoms with van der Waals surface area (Å²) >= 11 is 0. The van der Waals surface area contributed by atoms with Crippen molar-refractivity contribution in [2.45, 2.75) is 13.8 Å². The third-order valence-corrected chi connectivity index (χ3v) is 1.03. The zero-order chi connectivity index (χ0) is 5.98. The second-order valence-corrected chi connectivity index (χ2v) is 1.95. The van der Waals surface area contributed by atoms with Crippen molar-refractivity contribution in [3.05, 3.63) is 35.4 Å². The van der Waals surface area contributed by atoms with Crippen molar-refractivity contribution in [1.29, 1.82) is 0 Å². The van der Waals surface area contributed by atoms with Crippen LogP contribution in [0.2, 0.25) is 0 Å². The number of hydrogen-bond acceptors (Lipinski definition) is 0. The van der Waals surface area contributed by atoms with E-state index in [1.165, 1.54) is 5.56 Å². The Morgan fingerprint density at radius 2 is 1.50 bits per heavy atom. The molecule has 0 unspecified atom stereocenters. The van der Waals surface area contributed by atoms with Gasteiger partial charge < -0.3 is 12.1 Å². The first-order valence-corrected chi connectivity index (χ1v) is 2.65. The molecule has 0 saturated carbocycles. The van der Waals surface area contributed by atoms with Crippen LogP contribution >= 0.6 is 0 Å². The zero-order valence-electron chi connectivity index (χ0n) is 6.14. The van der Waals surface area contributed by atoms with E-state index in [2.05, 4.69) is 12.1 Å². The van der Waals surface area contributed by atoms with Gasteiger partial charge >= 0.3 is 0 Å². The summed E-state index contributed by atoms with van der Waals surface area (Å²) in [6.45, 7) is 4.02. The van der Waals surface area contributed by atoms with Crippen LogP contribution in [0.25, 0.3) is 0 Å². The summed E-state index contributed by atoms with van der Waals surface area (Å²) in [4.78, 5) is 0. The van der Waals surface area contributed by atoms with E-state index in [4.69, 9.17) is 0 Å². The Labute approximate surface area is 102 Å². The van der Waals surface area contributed by atoms with Crippen molar-refractivity contribution >= 4 is 0 Å². The van der Waals surface area contributed by atoms with Gasteiger partial charge in [-0.3, -0.25) is 23.3 Å². The molecule has 0 aliphatic carbocycles. The minimum absolute atomic E-state index is 0. The fourth-order valence-corrected chi connectivity index (χ4v) is 0.528. The second-order valence-electron chi connectivity index (χ2n) is 1.95. The minimum atomic E-state index is 0. The smallest absolute Gasteiger partial charge is 0 e. The standard InChI is InChI=1S/C8H8.W.Y/c1-7-3-5-8(2)6-4-7;;/h3-4H,1-2H3;;/q-2;;. The molecule has 0 fully saturated rings. The monoisotopic (exact) mass is 377 g/mol. The van der Waals surface area contributed by atoms with Crippen LogP contribution in [0.3, 0.4) is 0 Å². The molecular formula is C8H8WY-2. The molecule has 1 aromatic rings. The van der Waals surface area contributed by atoms with Gasteiger partial charge in [-0.05, 0) is 0 Å². The van der Waals surface area contributed by atoms with E-state index in [9.17, 15) is 0 Å². The maximum absolute atomic E-state index is 3.04. The van der Waals surface area contributed by atoms with Crippen LogP contribution in [0.4, 0.5) is 0 Å². The summed E-state index contributed by atoms with van der Waals surface area (Å²) in [6.07, 6.45) is 0. The van der Waals surface area contributed by atoms with Crippen LogP contribution in [0.1, 0.15) is 11.1 Å². The molecule has 1 aromatic carbocycles. The molecule has 0 heterocycles. The van der Waals surface area contributed by atoms with Crippen molar-refractivity contribution in [3.8, 4) is 0 Å². The van der Waals surface area contributed by atoms with Crippen molar-refractivity contribution in [2.75, 3.05) is 0 Å². The molecule has 2 heteroatoms. The maximum Gasteiger partial charge on any atom is 0 e. The average molecular weight is 377 g/mol. The minimum Gasteiger partial charge on any atom is -0.356 e. The first kappa shape index (κ1) is 13.6. The Balaban J connectivity index is 0. The molecule has 0 amide bonds. The fourth-order valence-electron chi connectivity index (χ4n) is 0.528. The van der Waals surface area contributed by atoms with Crippen LogP contribution in [0.15, 0.2) is 12.1 Å². The summed E-state index contributed by atoms with van der Waals surface area (Å²) < 4.78 is 0. The summed E-state index contributed by atoms with van der Waals surface area (Å²) in [6, 6.07) is 10.0. The molecule has 0 aliphatic heterocycles.